The monoisotopic (exact) mass is 1060 g/mol. The fraction of sp³-hybridized carbons (Fsp3) is 0.0526. The number of hydrogen-bond donors (Lipinski definition) is 0. The molecule has 0 unspecified atom stereocenters. The number of rotatable bonds is 7. The topological polar surface area (TPSA) is 49.0 Å². The average Bonchev–Trinajstić information content (AvgIpc) is 1.50. The van der Waals surface area contributed by atoms with Crippen LogP contribution in [0.25, 0.3) is 139 Å². The van der Waals surface area contributed by atoms with Crippen molar-refractivity contribution in [2.75, 3.05) is 0 Å². The highest BCUT2D eigenvalue weighted by molar-refractivity contribution is 6.11. The second-order valence-corrected chi connectivity index (χ2v) is 21.7. The first kappa shape index (κ1) is 38.1. The highest BCUT2D eigenvalue weighted by atomic mass is 16.5. The van der Waals surface area contributed by atoms with Crippen molar-refractivity contribution in [1.29, 1.82) is 0 Å². The Labute approximate surface area is 488 Å². The molecule has 0 amide bonds. The first-order valence-electron chi connectivity index (χ1n) is 32.2. The van der Waals surface area contributed by atoms with Gasteiger partial charge in [-0.25, -0.2) is 4.98 Å². The first-order chi connectivity index (χ1) is 44.4. The third kappa shape index (κ3) is 7.63. The molecule has 0 atom stereocenters. The van der Waals surface area contributed by atoms with Gasteiger partial charge in [0, 0.05) is 33.8 Å². The molecule has 388 valence electrons. The lowest BCUT2D eigenvalue weighted by Crippen LogP contribution is -2.32. The summed E-state index contributed by atoms with van der Waals surface area (Å²) in [5.74, 6) is 1.90. The van der Waals surface area contributed by atoms with E-state index in [2.05, 4.69) is 80.2 Å². The van der Waals surface area contributed by atoms with Gasteiger partial charge in [0.15, 0.2) is 0 Å². The van der Waals surface area contributed by atoms with E-state index >= 15 is 0 Å². The van der Waals surface area contributed by atoms with Crippen LogP contribution in [0.2, 0.25) is 0 Å². The Morgan fingerprint density at radius 3 is 1.98 bits per heavy atom. The van der Waals surface area contributed by atoms with Gasteiger partial charge in [-0.05, 0) is 151 Å². The normalized spacial score (nSPS) is 13.8. The van der Waals surface area contributed by atoms with Crippen molar-refractivity contribution >= 4 is 54.8 Å². The predicted octanol–water partition coefficient (Wildman–Crippen LogP) is 19.5. The molecule has 0 spiro atoms. The van der Waals surface area contributed by atoms with Gasteiger partial charge in [-0.3, -0.25) is 13.7 Å². The average molecular weight is 1060 g/mol. The van der Waals surface area contributed by atoms with E-state index in [-0.39, 0.29) is 28.6 Å². The maximum atomic E-state index is 9.54. The summed E-state index contributed by atoms with van der Waals surface area (Å²) in [5, 5.41) is 3.99. The molecule has 0 saturated heterocycles. The highest BCUT2D eigenvalue weighted by Gasteiger charge is 2.29. The summed E-state index contributed by atoms with van der Waals surface area (Å²) in [6.07, 6.45) is 5.67. The molecule has 5 heterocycles. The molecule has 0 saturated carbocycles. The van der Waals surface area contributed by atoms with Gasteiger partial charge < -0.3 is 9.15 Å². The second kappa shape index (κ2) is 18.5. The molecule has 4 aromatic heterocycles. The Bertz CT molecular complexity index is 5640. The molecule has 0 N–H and O–H groups in total. The van der Waals surface area contributed by atoms with Crippen LogP contribution in [0.4, 0.5) is 0 Å². The van der Waals surface area contributed by atoms with Gasteiger partial charge in [0.2, 0.25) is 0 Å². The van der Waals surface area contributed by atoms with Crippen LogP contribution in [0.5, 0.6) is 11.5 Å². The van der Waals surface area contributed by atoms with E-state index in [4.69, 9.17) is 22.4 Å². The summed E-state index contributed by atoms with van der Waals surface area (Å²) in [6, 6.07) is 58.8. The minimum atomic E-state index is -0.539. The number of benzene rings is 11. The molecule has 0 fully saturated rings. The molecule has 6 nitrogen and oxygen atoms in total. The maximum absolute atomic E-state index is 9.54. The van der Waals surface area contributed by atoms with Crippen molar-refractivity contribution in [3.05, 3.63) is 273 Å². The molecular weight excluding hydrogens is 1000 g/mol. The molecule has 0 radical (unpaired) electrons. The number of para-hydroxylation sites is 3. The molecule has 0 aliphatic carbocycles. The van der Waals surface area contributed by atoms with E-state index in [9.17, 15) is 5.48 Å². The minimum absolute atomic E-state index is 0.00100. The summed E-state index contributed by atoms with van der Waals surface area (Å²) in [4.78, 5) is 4.91. The molecule has 16 rings (SSSR count). The summed E-state index contributed by atoms with van der Waals surface area (Å²) < 4.78 is 110. The Morgan fingerprint density at radius 2 is 1.15 bits per heavy atom. The van der Waals surface area contributed by atoms with Gasteiger partial charge in [-0.2, -0.15) is 0 Å². The van der Waals surface area contributed by atoms with Crippen LogP contribution in [0.3, 0.4) is 0 Å². The summed E-state index contributed by atoms with van der Waals surface area (Å²) in [6.45, 7) is 6.58. The molecule has 1 aliphatic heterocycles. The fourth-order valence-electron chi connectivity index (χ4n) is 12.1. The number of furan rings is 1. The lowest BCUT2D eigenvalue weighted by molar-refractivity contribution is -0.570. The minimum Gasteiger partial charge on any atom is -0.458 e. The van der Waals surface area contributed by atoms with E-state index in [0.717, 1.165) is 71.8 Å². The standard InChI is InChI=1S/C76H52N4O2/c1-76(2,3)52-39-40-77-72(44-52)80-67-33-14-12-26-59(67)60-37-36-55(46-68(60)80)81-54-24-16-23-53(45-54)78-47-79-74-57(49-21-8-5-9-22-49)30-18-32-64(74)63-31-17-29-56(48-19-6-4-7-20-48)73(63)62-28-11-10-25-58(62)66-42-51(43-69(78)75(66)79)50-35-38-71-65(41-50)61-27-13-15-34-70(61)82-71/h4-46H,1-3H3/i4D,5D,6D,7D,8D,9D,19D,20D,21D,22D. The van der Waals surface area contributed by atoms with Crippen LogP contribution < -0.4 is 9.30 Å². The van der Waals surface area contributed by atoms with Crippen LogP contribution >= 0.6 is 0 Å². The van der Waals surface area contributed by atoms with Crippen LogP contribution in [-0.4, -0.2) is 14.1 Å². The molecular formula is C76H52N4O2. The number of ether oxygens (including phenoxy) is 1. The highest BCUT2D eigenvalue weighted by Crippen LogP contribution is 2.50. The number of fused-ring (bicyclic) bond motifs is 13. The zero-order valence-electron chi connectivity index (χ0n) is 54.7. The van der Waals surface area contributed by atoms with Crippen molar-refractivity contribution in [3.8, 4) is 95.5 Å². The summed E-state index contributed by atoms with van der Waals surface area (Å²) in [5.41, 5.74) is 12.8. The first-order valence-corrected chi connectivity index (χ1v) is 27.2. The lowest BCUT2D eigenvalue weighted by Gasteiger charge is -2.21. The predicted molar refractivity (Wildman–Crippen MR) is 334 cm³/mol. The van der Waals surface area contributed by atoms with Crippen molar-refractivity contribution in [2.24, 2.45) is 0 Å². The quantitative estimate of drug-likeness (QED) is 0.118. The zero-order valence-corrected chi connectivity index (χ0v) is 44.7. The van der Waals surface area contributed by atoms with Crippen LogP contribution in [0, 0.1) is 6.33 Å². The van der Waals surface area contributed by atoms with Crippen molar-refractivity contribution in [3.63, 3.8) is 0 Å². The van der Waals surface area contributed by atoms with Crippen molar-refractivity contribution in [2.45, 2.75) is 26.2 Å². The smallest absolute Gasteiger partial charge is 0.269 e. The fourth-order valence-corrected chi connectivity index (χ4v) is 12.1. The third-order valence-corrected chi connectivity index (χ3v) is 15.9. The van der Waals surface area contributed by atoms with E-state index in [1.807, 2.05) is 137 Å². The SMILES string of the molecule is [2H]c1c([2H])c([2H])c(-c2cccc3c2-c2ccccc2-c2cc(-c4ccc5oc6ccccc6c5c4)cc4c2[n+]([c-]n4-c2cccc(Oc4ccc5c6ccccc6n(-c6cc(C(C)(C)C)ccn6)c5c4)c2)-c2c-3cccc2-c2c([2H])c([2H])c([2H])c([2H])c2[2H])c([2H])c1[2H]. The zero-order chi connectivity index (χ0) is 63.3. The van der Waals surface area contributed by atoms with E-state index < -0.39 is 48.3 Å². The van der Waals surface area contributed by atoms with Crippen LogP contribution in [0.15, 0.2) is 265 Å². The molecule has 1 aliphatic rings. The number of imidazole rings is 1. The van der Waals surface area contributed by atoms with Gasteiger partial charge in [0.05, 0.1) is 47.1 Å². The molecule has 0 bridgehead atoms. The Hall–Kier alpha value is -10.6. The Kier molecular flexibility index (Phi) is 8.61. The number of nitrogens with zero attached hydrogens (tertiary/aromatic N) is 4. The van der Waals surface area contributed by atoms with E-state index in [0.29, 0.717) is 72.9 Å². The van der Waals surface area contributed by atoms with Gasteiger partial charge in [-0.15, -0.1) is 0 Å². The number of aromatic nitrogens is 4. The number of pyridine rings is 1. The van der Waals surface area contributed by atoms with Crippen molar-refractivity contribution in [1.82, 2.24) is 14.1 Å². The second-order valence-electron chi connectivity index (χ2n) is 21.7. The molecule has 11 aromatic carbocycles. The van der Waals surface area contributed by atoms with Gasteiger partial charge in [0.1, 0.15) is 28.5 Å². The van der Waals surface area contributed by atoms with Crippen LogP contribution in [0.1, 0.15) is 40.0 Å². The maximum Gasteiger partial charge on any atom is 0.269 e. The molecule has 6 heteroatoms. The van der Waals surface area contributed by atoms with Crippen molar-refractivity contribution < 1.29 is 27.4 Å². The molecule has 82 heavy (non-hydrogen) atoms. The molecule has 15 aromatic rings. The Balaban J connectivity index is 0.988. The third-order valence-electron chi connectivity index (χ3n) is 15.9. The van der Waals surface area contributed by atoms with Gasteiger partial charge in [0.25, 0.3) is 6.33 Å². The summed E-state index contributed by atoms with van der Waals surface area (Å²) in [7, 11) is 0. The Morgan fingerprint density at radius 1 is 0.476 bits per heavy atom. The lowest BCUT2D eigenvalue weighted by atomic mass is 9.83. The largest absolute Gasteiger partial charge is 0.458 e. The van der Waals surface area contributed by atoms with Gasteiger partial charge in [-0.1, -0.05) is 196 Å². The number of hydrogen-bond acceptors (Lipinski definition) is 3. The van der Waals surface area contributed by atoms with E-state index in [1.165, 1.54) is 0 Å². The summed E-state index contributed by atoms with van der Waals surface area (Å²) >= 11 is 0. The van der Waals surface area contributed by atoms with Gasteiger partial charge >= 0.3 is 0 Å². The van der Waals surface area contributed by atoms with E-state index in [1.54, 1.807) is 24.3 Å². The van der Waals surface area contributed by atoms with Crippen LogP contribution in [-0.2, 0) is 5.41 Å².